The topological polar surface area (TPSA) is 24.5 Å². The van der Waals surface area contributed by atoms with Crippen LogP contribution >= 0.6 is 0 Å². The molecule has 0 spiro atoms. The average Bonchev–Trinajstić information content (AvgIpc) is 2.40. The summed E-state index contributed by atoms with van der Waals surface area (Å²) in [6.45, 7) is 9.31. The quantitative estimate of drug-likeness (QED) is 0.815. The molecule has 1 fully saturated rings. The fourth-order valence-electron chi connectivity index (χ4n) is 2.47. The van der Waals surface area contributed by atoms with E-state index in [1.165, 1.54) is 0 Å². The van der Waals surface area contributed by atoms with E-state index in [-0.39, 0.29) is 0 Å². The van der Waals surface area contributed by atoms with Gasteiger partial charge in [0.15, 0.2) is 0 Å². The van der Waals surface area contributed by atoms with Crippen molar-refractivity contribution in [1.82, 2.24) is 10.2 Å². The summed E-state index contributed by atoms with van der Waals surface area (Å²) in [6.07, 6.45) is 0. The van der Waals surface area contributed by atoms with Crippen molar-refractivity contribution in [3.63, 3.8) is 0 Å². The van der Waals surface area contributed by atoms with Crippen LogP contribution in [0.4, 0.5) is 0 Å². The summed E-state index contributed by atoms with van der Waals surface area (Å²) in [5, 5.41) is 3.35. The van der Waals surface area contributed by atoms with Gasteiger partial charge >= 0.3 is 0 Å². The van der Waals surface area contributed by atoms with Gasteiger partial charge in [-0.25, -0.2) is 0 Å². The van der Waals surface area contributed by atoms with Crippen molar-refractivity contribution >= 4 is 0 Å². The molecule has 0 bridgehead atoms. The van der Waals surface area contributed by atoms with E-state index in [2.05, 4.69) is 48.0 Å². The maximum atomic E-state index is 5.37. The summed E-state index contributed by atoms with van der Waals surface area (Å²) in [6, 6.07) is 4.19. The Morgan fingerprint density at radius 2 is 1.84 bits per heavy atom. The molecule has 1 aliphatic rings. The summed E-state index contributed by atoms with van der Waals surface area (Å²) in [4.78, 5) is 2.38. The van der Waals surface area contributed by atoms with Crippen molar-refractivity contribution in [3.05, 3.63) is 28.8 Å². The van der Waals surface area contributed by atoms with Crippen molar-refractivity contribution in [3.8, 4) is 17.6 Å². The van der Waals surface area contributed by atoms with Crippen LogP contribution in [0.5, 0.6) is 5.75 Å². The van der Waals surface area contributed by atoms with Crippen LogP contribution in [0, 0.1) is 25.7 Å². The minimum absolute atomic E-state index is 0.853. The van der Waals surface area contributed by atoms with Crippen molar-refractivity contribution in [2.24, 2.45) is 0 Å². The molecule has 102 valence electrons. The Morgan fingerprint density at radius 1 is 1.21 bits per heavy atom. The van der Waals surface area contributed by atoms with Crippen LogP contribution in [0.25, 0.3) is 0 Å². The number of hydrogen-bond donors (Lipinski definition) is 1. The first-order chi connectivity index (χ1) is 9.20. The lowest BCUT2D eigenvalue weighted by Crippen LogP contribution is -2.43. The van der Waals surface area contributed by atoms with Crippen LogP contribution in [-0.4, -0.2) is 44.7 Å². The molecule has 0 aromatic heterocycles. The minimum Gasteiger partial charge on any atom is -0.496 e. The highest BCUT2D eigenvalue weighted by molar-refractivity contribution is 5.48. The fraction of sp³-hybridized carbons (Fsp3) is 0.500. The van der Waals surface area contributed by atoms with E-state index in [4.69, 9.17) is 4.74 Å². The molecule has 1 aliphatic heterocycles. The number of rotatable bonds is 2. The lowest BCUT2D eigenvalue weighted by Gasteiger charge is -2.24. The summed E-state index contributed by atoms with van der Waals surface area (Å²) in [5.74, 6) is 7.49. The van der Waals surface area contributed by atoms with Gasteiger partial charge in [0, 0.05) is 31.7 Å². The van der Waals surface area contributed by atoms with Gasteiger partial charge in [-0.15, -0.1) is 0 Å². The molecule has 1 N–H and O–H groups in total. The largest absolute Gasteiger partial charge is 0.496 e. The van der Waals surface area contributed by atoms with Gasteiger partial charge in [-0.2, -0.15) is 0 Å². The van der Waals surface area contributed by atoms with Crippen LogP contribution in [0.15, 0.2) is 12.1 Å². The second kappa shape index (κ2) is 6.60. The minimum atomic E-state index is 0.853. The van der Waals surface area contributed by atoms with Gasteiger partial charge in [-0.3, -0.25) is 4.90 Å². The molecular formula is C16H22N2O. The van der Waals surface area contributed by atoms with Gasteiger partial charge in [0.05, 0.1) is 13.7 Å². The third-order valence-corrected chi connectivity index (χ3v) is 3.41. The predicted molar refractivity (Wildman–Crippen MR) is 78.7 cm³/mol. The van der Waals surface area contributed by atoms with Crippen LogP contribution < -0.4 is 10.1 Å². The first-order valence-electron chi connectivity index (χ1n) is 6.78. The van der Waals surface area contributed by atoms with E-state index < -0.39 is 0 Å². The Kier molecular flexibility index (Phi) is 4.84. The molecule has 0 aliphatic carbocycles. The maximum Gasteiger partial charge on any atom is 0.124 e. The smallest absolute Gasteiger partial charge is 0.124 e. The maximum absolute atomic E-state index is 5.37. The van der Waals surface area contributed by atoms with Crippen LogP contribution in [-0.2, 0) is 0 Å². The molecule has 0 amide bonds. The van der Waals surface area contributed by atoms with Gasteiger partial charge in [-0.1, -0.05) is 11.8 Å². The Hall–Kier alpha value is -1.50. The second-order valence-electron chi connectivity index (χ2n) is 4.97. The third kappa shape index (κ3) is 3.73. The van der Waals surface area contributed by atoms with E-state index >= 15 is 0 Å². The summed E-state index contributed by atoms with van der Waals surface area (Å²) >= 11 is 0. The molecule has 1 saturated heterocycles. The molecule has 0 radical (unpaired) electrons. The summed E-state index contributed by atoms with van der Waals surface area (Å²) in [7, 11) is 1.71. The molecule has 0 saturated carbocycles. The molecule has 1 aromatic carbocycles. The zero-order valence-electron chi connectivity index (χ0n) is 12.0. The lowest BCUT2D eigenvalue weighted by molar-refractivity contribution is 0.268. The van der Waals surface area contributed by atoms with E-state index in [1.54, 1.807) is 7.11 Å². The zero-order chi connectivity index (χ0) is 13.7. The Balaban J connectivity index is 2.03. The Morgan fingerprint density at radius 3 is 2.42 bits per heavy atom. The number of nitrogens with one attached hydrogen (secondary N) is 1. The number of aryl methyl sites for hydroxylation is 2. The number of hydrogen-bond acceptors (Lipinski definition) is 3. The van der Waals surface area contributed by atoms with Crippen molar-refractivity contribution in [2.45, 2.75) is 13.8 Å². The van der Waals surface area contributed by atoms with Crippen LogP contribution in [0.2, 0.25) is 0 Å². The number of ether oxygens (including phenoxy) is 1. The van der Waals surface area contributed by atoms with Crippen molar-refractivity contribution in [1.29, 1.82) is 0 Å². The van der Waals surface area contributed by atoms with Gasteiger partial charge in [0.1, 0.15) is 5.75 Å². The van der Waals surface area contributed by atoms with E-state index in [0.29, 0.717) is 0 Å². The number of nitrogens with zero attached hydrogens (tertiary/aromatic N) is 1. The van der Waals surface area contributed by atoms with Gasteiger partial charge in [0.25, 0.3) is 0 Å². The number of methoxy groups -OCH3 is 1. The number of benzene rings is 1. The zero-order valence-corrected chi connectivity index (χ0v) is 12.0. The Bertz CT molecular complexity index is 470. The Labute approximate surface area is 115 Å². The van der Waals surface area contributed by atoms with Gasteiger partial charge in [0.2, 0.25) is 0 Å². The highest BCUT2D eigenvalue weighted by Crippen LogP contribution is 2.23. The third-order valence-electron chi connectivity index (χ3n) is 3.41. The van der Waals surface area contributed by atoms with Crippen molar-refractivity contribution in [2.75, 3.05) is 39.8 Å². The molecule has 1 aromatic rings. The van der Waals surface area contributed by atoms with Crippen molar-refractivity contribution < 1.29 is 4.74 Å². The SMILES string of the molecule is COc1c(C)cc(C#CCN2CCNCC2)cc1C. The standard InChI is InChI=1S/C16H22N2O/c1-13-11-15(12-14(2)16(13)19-3)5-4-8-18-9-6-17-7-10-18/h11-12,17H,6-10H2,1-3H3. The average molecular weight is 258 g/mol. The highest BCUT2D eigenvalue weighted by Gasteiger charge is 2.07. The molecule has 0 unspecified atom stereocenters. The molecular weight excluding hydrogens is 236 g/mol. The van der Waals surface area contributed by atoms with Gasteiger partial charge < -0.3 is 10.1 Å². The molecule has 2 rings (SSSR count). The fourth-order valence-corrected chi connectivity index (χ4v) is 2.47. The monoisotopic (exact) mass is 258 g/mol. The lowest BCUT2D eigenvalue weighted by atomic mass is 10.1. The summed E-state index contributed by atoms with van der Waals surface area (Å²) in [5.41, 5.74) is 3.37. The number of piperazine rings is 1. The normalized spacial score (nSPS) is 15.7. The van der Waals surface area contributed by atoms with E-state index in [1.807, 2.05) is 0 Å². The highest BCUT2D eigenvalue weighted by atomic mass is 16.5. The van der Waals surface area contributed by atoms with Gasteiger partial charge in [-0.05, 0) is 37.1 Å². The van der Waals surface area contributed by atoms with E-state index in [9.17, 15) is 0 Å². The first kappa shape index (κ1) is 13.9. The predicted octanol–water partition coefficient (Wildman–Crippen LogP) is 1.57. The molecule has 3 nitrogen and oxygen atoms in total. The first-order valence-corrected chi connectivity index (χ1v) is 6.78. The molecule has 19 heavy (non-hydrogen) atoms. The van der Waals surface area contributed by atoms with Crippen LogP contribution in [0.1, 0.15) is 16.7 Å². The molecule has 0 atom stereocenters. The van der Waals surface area contributed by atoms with Crippen LogP contribution in [0.3, 0.4) is 0 Å². The second-order valence-corrected chi connectivity index (χ2v) is 4.97. The van der Waals surface area contributed by atoms with E-state index in [0.717, 1.165) is 55.2 Å². The molecule has 3 heteroatoms. The summed E-state index contributed by atoms with van der Waals surface area (Å²) < 4.78 is 5.37. The molecule has 1 heterocycles.